The van der Waals surface area contributed by atoms with Crippen molar-refractivity contribution in [3.63, 3.8) is 0 Å². The van der Waals surface area contributed by atoms with Crippen molar-refractivity contribution < 1.29 is 23.5 Å². The fraction of sp³-hybridized carbons (Fsp3) is 0.318. The molecule has 2 atom stereocenters. The zero-order valence-electron chi connectivity index (χ0n) is 16.0. The SMILES string of the molecule is CCOC(=O)C(C(C)=O)C(C(=O)c1ccc(CC)cc1)c1cc(F)cc(Br)c1. The molecule has 148 valence electrons. The number of hydrogen-bond acceptors (Lipinski definition) is 4. The smallest absolute Gasteiger partial charge is 0.317 e. The van der Waals surface area contributed by atoms with Crippen LogP contribution in [0, 0.1) is 11.7 Å². The minimum atomic E-state index is -1.35. The van der Waals surface area contributed by atoms with Crippen molar-refractivity contribution in [1.82, 2.24) is 0 Å². The van der Waals surface area contributed by atoms with Crippen molar-refractivity contribution in [3.05, 3.63) is 69.4 Å². The molecule has 0 aromatic heterocycles. The first-order valence-corrected chi connectivity index (χ1v) is 9.84. The Bertz CT molecular complexity index is 856. The van der Waals surface area contributed by atoms with Gasteiger partial charge in [-0.05, 0) is 49.6 Å². The van der Waals surface area contributed by atoms with Crippen molar-refractivity contribution >= 4 is 33.5 Å². The molecular formula is C22H22BrFO4. The van der Waals surface area contributed by atoms with Crippen LogP contribution in [0.3, 0.4) is 0 Å². The molecule has 4 nitrogen and oxygen atoms in total. The van der Waals surface area contributed by atoms with E-state index in [4.69, 9.17) is 4.74 Å². The third-order valence-electron chi connectivity index (χ3n) is 4.49. The maximum atomic E-state index is 14.0. The second-order valence-corrected chi connectivity index (χ2v) is 7.35. The highest BCUT2D eigenvalue weighted by Gasteiger charge is 2.40. The lowest BCUT2D eigenvalue weighted by Crippen LogP contribution is -2.35. The number of carbonyl (C=O) groups excluding carboxylic acids is 3. The molecule has 0 bridgehead atoms. The Hall–Kier alpha value is -2.34. The van der Waals surface area contributed by atoms with Crippen molar-refractivity contribution in [2.45, 2.75) is 33.1 Å². The highest BCUT2D eigenvalue weighted by molar-refractivity contribution is 9.10. The average molecular weight is 449 g/mol. The van der Waals surface area contributed by atoms with Crippen LogP contribution in [0.25, 0.3) is 0 Å². The quantitative estimate of drug-likeness (QED) is 0.327. The van der Waals surface area contributed by atoms with Gasteiger partial charge >= 0.3 is 5.97 Å². The zero-order chi connectivity index (χ0) is 20.8. The van der Waals surface area contributed by atoms with E-state index in [1.165, 1.54) is 19.1 Å². The first kappa shape index (κ1) is 22.0. The fourth-order valence-corrected chi connectivity index (χ4v) is 3.59. The number of aryl methyl sites for hydroxylation is 1. The summed E-state index contributed by atoms with van der Waals surface area (Å²) in [6, 6.07) is 10.9. The molecule has 0 fully saturated rings. The van der Waals surface area contributed by atoms with Gasteiger partial charge in [0.1, 0.15) is 17.5 Å². The molecule has 2 unspecified atom stereocenters. The highest BCUT2D eigenvalue weighted by Crippen LogP contribution is 2.33. The van der Waals surface area contributed by atoms with E-state index in [1.54, 1.807) is 25.1 Å². The van der Waals surface area contributed by atoms with Gasteiger partial charge in [0.15, 0.2) is 5.78 Å². The molecule has 2 rings (SSSR count). The predicted molar refractivity (Wildman–Crippen MR) is 108 cm³/mol. The largest absolute Gasteiger partial charge is 0.465 e. The molecular weight excluding hydrogens is 427 g/mol. The van der Waals surface area contributed by atoms with E-state index in [-0.39, 0.29) is 12.2 Å². The van der Waals surface area contributed by atoms with Crippen molar-refractivity contribution in [2.24, 2.45) is 5.92 Å². The molecule has 0 N–H and O–H groups in total. The van der Waals surface area contributed by atoms with E-state index < -0.39 is 35.2 Å². The number of Topliss-reactive ketones (excluding diaryl/α,β-unsaturated/α-hetero) is 2. The Morgan fingerprint density at radius 2 is 1.71 bits per heavy atom. The minimum absolute atomic E-state index is 0.0710. The molecule has 2 aromatic rings. The lowest BCUT2D eigenvalue weighted by molar-refractivity contribution is -0.151. The number of hydrogen-bond donors (Lipinski definition) is 0. The molecule has 0 aliphatic rings. The van der Waals surface area contributed by atoms with Crippen LogP contribution in [0.1, 0.15) is 48.2 Å². The van der Waals surface area contributed by atoms with Gasteiger partial charge in [-0.2, -0.15) is 0 Å². The summed E-state index contributed by atoms with van der Waals surface area (Å²) in [6.07, 6.45) is 0.813. The standard InChI is InChI=1S/C22H22BrFO4/c1-4-14-6-8-15(9-7-14)21(26)20(16-10-17(23)12-18(24)11-16)19(13(3)25)22(27)28-5-2/h6-12,19-20H,4-5H2,1-3H3. The molecule has 0 aliphatic carbocycles. The van der Waals surface area contributed by atoms with Gasteiger partial charge in [0.2, 0.25) is 0 Å². The second-order valence-electron chi connectivity index (χ2n) is 6.44. The number of benzene rings is 2. The predicted octanol–water partition coefficient (Wildman–Crippen LogP) is 4.89. The number of rotatable bonds is 8. The van der Waals surface area contributed by atoms with Crippen LogP contribution in [0.5, 0.6) is 0 Å². The summed E-state index contributed by atoms with van der Waals surface area (Å²) in [6.45, 7) is 4.92. The normalized spacial score (nSPS) is 12.9. The third kappa shape index (κ3) is 5.13. The van der Waals surface area contributed by atoms with Crippen LogP contribution in [0.2, 0.25) is 0 Å². The first-order valence-electron chi connectivity index (χ1n) is 9.04. The van der Waals surface area contributed by atoms with Gasteiger partial charge in [-0.25, -0.2) is 4.39 Å². The Morgan fingerprint density at radius 3 is 2.21 bits per heavy atom. The molecule has 2 aromatic carbocycles. The Labute approximate surface area is 172 Å². The number of carbonyl (C=O) groups is 3. The summed E-state index contributed by atoms with van der Waals surface area (Å²) in [5.41, 5.74) is 1.64. The molecule has 0 spiro atoms. The third-order valence-corrected chi connectivity index (χ3v) is 4.94. The van der Waals surface area contributed by atoms with Gasteiger partial charge < -0.3 is 4.74 Å². The number of ketones is 2. The highest BCUT2D eigenvalue weighted by atomic mass is 79.9. The van der Waals surface area contributed by atoms with Crippen LogP contribution < -0.4 is 0 Å². The lowest BCUT2D eigenvalue weighted by Gasteiger charge is -2.23. The van der Waals surface area contributed by atoms with Crippen molar-refractivity contribution in [2.75, 3.05) is 6.61 Å². The minimum Gasteiger partial charge on any atom is -0.465 e. The summed E-state index contributed by atoms with van der Waals surface area (Å²) >= 11 is 3.21. The van der Waals surface area contributed by atoms with E-state index in [1.807, 2.05) is 19.1 Å². The molecule has 0 radical (unpaired) electrons. The Morgan fingerprint density at radius 1 is 1.07 bits per heavy atom. The van der Waals surface area contributed by atoms with E-state index in [9.17, 15) is 18.8 Å². The van der Waals surface area contributed by atoms with Gasteiger partial charge in [0.05, 0.1) is 12.5 Å². The van der Waals surface area contributed by atoms with Gasteiger partial charge in [0, 0.05) is 10.0 Å². The van der Waals surface area contributed by atoms with E-state index in [0.29, 0.717) is 10.0 Å². The lowest BCUT2D eigenvalue weighted by atomic mass is 9.78. The summed E-state index contributed by atoms with van der Waals surface area (Å²) in [5.74, 6) is -4.85. The number of halogens is 2. The molecule has 6 heteroatoms. The van der Waals surface area contributed by atoms with Gasteiger partial charge in [-0.3, -0.25) is 14.4 Å². The van der Waals surface area contributed by atoms with Crippen LogP contribution in [-0.4, -0.2) is 24.1 Å². The summed E-state index contributed by atoms with van der Waals surface area (Å²) < 4.78 is 19.5. The Kier molecular flexibility index (Phi) is 7.63. The van der Waals surface area contributed by atoms with Gasteiger partial charge in [0.25, 0.3) is 0 Å². The van der Waals surface area contributed by atoms with Gasteiger partial charge in [-0.15, -0.1) is 0 Å². The first-order chi connectivity index (χ1) is 13.3. The molecule has 0 saturated heterocycles. The maximum absolute atomic E-state index is 14.0. The van der Waals surface area contributed by atoms with Gasteiger partial charge in [-0.1, -0.05) is 47.1 Å². The Balaban J connectivity index is 2.60. The van der Waals surface area contributed by atoms with Crippen LogP contribution >= 0.6 is 15.9 Å². The number of esters is 1. The van der Waals surface area contributed by atoms with Crippen LogP contribution in [0.4, 0.5) is 4.39 Å². The van der Waals surface area contributed by atoms with Crippen molar-refractivity contribution in [3.8, 4) is 0 Å². The maximum Gasteiger partial charge on any atom is 0.317 e. The molecule has 28 heavy (non-hydrogen) atoms. The van der Waals surface area contributed by atoms with E-state index >= 15 is 0 Å². The monoisotopic (exact) mass is 448 g/mol. The zero-order valence-corrected chi connectivity index (χ0v) is 17.6. The number of ether oxygens (including phenoxy) is 1. The van der Waals surface area contributed by atoms with E-state index in [0.717, 1.165) is 12.0 Å². The van der Waals surface area contributed by atoms with Crippen LogP contribution in [-0.2, 0) is 20.7 Å². The topological polar surface area (TPSA) is 60.4 Å². The molecule has 0 amide bonds. The van der Waals surface area contributed by atoms with Crippen LogP contribution in [0.15, 0.2) is 46.9 Å². The molecule has 0 heterocycles. The second kappa shape index (κ2) is 9.73. The molecule has 0 aliphatic heterocycles. The summed E-state index contributed by atoms with van der Waals surface area (Å²) in [7, 11) is 0. The summed E-state index contributed by atoms with van der Waals surface area (Å²) in [5, 5.41) is 0. The average Bonchev–Trinajstić information content (AvgIpc) is 2.64. The van der Waals surface area contributed by atoms with E-state index in [2.05, 4.69) is 15.9 Å². The molecule has 0 saturated carbocycles. The fourth-order valence-electron chi connectivity index (χ4n) is 3.10. The summed E-state index contributed by atoms with van der Waals surface area (Å²) in [4.78, 5) is 38.2. The van der Waals surface area contributed by atoms with Crippen molar-refractivity contribution in [1.29, 1.82) is 0 Å².